The van der Waals surface area contributed by atoms with Crippen LogP contribution in [0.4, 0.5) is 10.5 Å². The van der Waals surface area contributed by atoms with Crippen LogP contribution in [-0.2, 0) is 20.6 Å². The zero-order valence-electron chi connectivity index (χ0n) is 25.2. The summed E-state index contributed by atoms with van der Waals surface area (Å²) in [6.07, 6.45) is 1.67. The molecule has 0 bridgehead atoms. The van der Waals surface area contributed by atoms with Crippen molar-refractivity contribution in [3.8, 4) is 6.07 Å². The van der Waals surface area contributed by atoms with E-state index in [1.54, 1.807) is 12.1 Å². The molecule has 2 fully saturated rings. The second-order valence-electron chi connectivity index (χ2n) is 11.9. The molecular weight excluding hydrogens is 552 g/mol. The summed E-state index contributed by atoms with van der Waals surface area (Å²) in [5, 5.41) is 36.0. The van der Waals surface area contributed by atoms with Crippen molar-refractivity contribution in [3.63, 3.8) is 0 Å². The van der Waals surface area contributed by atoms with Gasteiger partial charge in [0.15, 0.2) is 6.29 Å². The average Bonchev–Trinajstić information content (AvgIpc) is 3.59. The summed E-state index contributed by atoms with van der Waals surface area (Å²) in [4.78, 5) is 22.4. The molecular formula is C32H44N4O7. The molecule has 0 aromatic heterocycles. The number of alkyl carbamates (subject to hydrolysis) is 1. The van der Waals surface area contributed by atoms with Crippen molar-refractivity contribution in [3.05, 3.63) is 75.8 Å². The number of aliphatic hydroxyl groups excluding tert-OH is 1. The molecule has 2 aliphatic heterocycles. The Balaban J connectivity index is 0.000000428. The molecule has 2 aromatic rings. The number of nitro benzene ring substituents is 1. The molecule has 2 aromatic carbocycles. The van der Waals surface area contributed by atoms with Crippen LogP contribution in [0.2, 0.25) is 0 Å². The summed E-state index contributed by atoms with van der Waals surface area (Å²) in [5.41, 5.74) is 2.10. The summed E-state index contributed by atoms with van der Waals surface area (Å²) >= 11 is 0. The minimum absolute atomic E-state index is 0.0141. The van der Waals surface area contributed by atoms with E-state index in [2.05, 4.69) is 30.6 Å². The molecule has 43 heavy (non-hydrogen) atoms. The molecule has 234 valence electrons. The number of carbonyl (C=O) groups is 1. The van der Waals surface area contributed by atoms with Crippen LogP contribution in [-0.4, -0.2) is 67.0 Å². The molecule has 0 aliphatic carbocycles. The van der Waals surface area contributed by atoms with Gasteiger partial charge in [0.1, 0.15) is 6.10 Å². The number of nitrogens with one attached hydrogen (secondary N) is 2. The Morgan fingerprint density at radius 3 is 2.67 bits per heavy atom. The zero-order valence-corrected chi connectivity index (χ0v) is 25.2. The Morgan fingerprint density at radius 1 is 1.23 bits per heavy atom. The van der Waals surface area contributed by atoms with Crippen LogP contribution in [0.1, 0.15) is 50.7 Å². The lowest BCUT2D eigenvalue weighted by molar-refractivity contribution is -0.384. The summed E-state index contributed by atoms with van der Waals surface area (Å²) in [7, 11) is 0. The fourth-order valence-corrected chi connectivity index (χ4v) is 5.20. The molecule has 2 heterocycles. The number of nitrogens with zero attached hydrogens (tertiary/aromatic N) is 2. The fraction of sp³-hybridized carbons (Fsp3) is 0.562. The van der Waals surface area contributed by atoms with E-state index >= 15 is 0 Å². The topological polar surface area (TPSA) is 156 Å². The van der Waals surface area contributed by atoms with E-state index in [0.717, 1.165) is 30.4 Å². The molecule has 0 radical (unpaired) electrons. The van der Waals surface area contributed by atoms with Gasteiger partial charge >= 0.3 is 6.09 Å². The van der Waals surface area contributed by atoms with Gasteiger partial charge in [0.05, 0.1) is 42.3 Å². The van der Waals surface area contributed by atoms with Crippen LogP contribution in [0.15, 0.2) is 54.6 Å². The van der Waals surface area contributed by atoms with Crippen LogP contribution in [0, 0.1) is 39.7 Å². The number of nitriles is 1. The lowest BCUT2D eigenvalue weighted by Gasteiger charge is -2.28. The van der Waals surface area contributed by atoms with Gasteiger partial charge < -0.3 is 30.0 Å². The number of aryl methyl sites for hydroxylation is 1. The summed E-state index contributed by atoms with van der Waals surface area (Å²) in [6, 6.07) is 18.0. The Labute approximate surface area is 253 Å². The van der Waals surface area contributed by atoms with Gasteiger partial charge in [0.2, 0.25) is 0 Å². The van der Waals surface area contributed by atoms with E-state index in [4.69, 9.17) is 19.5 Å². The van der Waals surface area contributed by atoms with Crippen molar-refractivity contribution in [2.45, 2.75) is 77.4 Å². The molecule has 2 saturated heterocycles. The standard InChI is InChI=1S/C25H37N3O5.C7H7NO2/c1-25(2,11-6-7-12-26)17-27-15-21(29)20(14-18-8-4-3-5-9-18)28-24(30)33-22-16-32-23-19(22)10-13-31-23;1-6-3-2-4-7(5-6)8(9)10/h3-5,8-9,19-23,27,29H,6-7,10-11,13-17H2,1-2H3,(H,28,30);2-5H,1H3/t19-,20-,21+,22-,23+;/m0./s1. The minimum atomic E-state index is -0.796. The SMILES string of the molecule is CC(C)(CCCC#N)CNC[C@@H](O)[C@H](Cc1ccccc1)NC(=O)O[C@H]1CO[C@H]2OCC[C@H]21.Cc1cccc([N+](=O)[O-])c1. The van der Waals surface area contributed by atoms with Crippen molar-refractivity contribution in [2.75, 3.05) is 26.3 Å². The number of aliphatic hydroxyl groups is 1. The van der Waals surface area contributed by atoms with Crippen molar-refractivity contribution < 1.29 is 29.0 Å². The molecule has 5 atom stereocenters. The smallest absolute Gasteiger partial charge is 0.407 e. The molecule has 11 nitrogen and oxygen atoms in total. The largest absolute Gasteiger partial charge is 0.443 e. The van der Waals surface area contributed by atoms with Crippen LogP contribution >= 0.6 is 0 Å². The lowest BCUT2D eigenvalue weighted by Crippen LogP contribution is -2.50. The number of hydrogen-bond donors (Lipinski definition) is 3. The molecule has 0 spiro atoms. The van der Waals surface area contributed by atoms with E-state index < -0.39 is 23.2 Å². The van der Waals surface area contributed by atoms with E-state index in [0.29, 0.717) is 39.1 Å². The maximum absolute atomic E-state index is 12.7. The number of rotatable bonds is 13. The third-order valence-electron chi connectivity index (χ3n) is 7.62. The highest BCUT2D eigenvalue weighted by Gasteiger charge is 2.44. The summed E-state index contributed by atoms with van der Waals surface area (Å²) in [5.74, 6) is 0.0678. The Bertz CT molecular complexity index is 1200. The van der Waals surface area contributed by atoms with Gasteiger partial charge in [-0.3, -0.25) is 10.1 Å². The number of benzene rings is 2. The third kappa shape index (κ3) is 11.6. The Morgan fingerprint density at radius 2 is 2.00 bits per heavy atom. The Hall–Kier alpha value is -3.56. The average molecular weight is 597 g/mol. The lowest BCUT2D eigenvalue weighted by atomic mass is 9.87. The number of unbranched alkanes of at least 4 members (excludes halogenated alkanes) is 1. The van der Waals surface area contributed by atoms with Crippen molar-refractivity contribution in [2.24, 2.45) is 11.3 Å². The predicted molar refractivity (Wildman–Crippen MR) is 161 cm³/mol. The van der Waals surface area contributed by atoms with Gasteiger partial charge in [0, 0.05) is 31.6 Å². The highest BCUT2D eigenvalue weighted by molar-refractivity contribution is 5.68. The van der Waals surface area contributed by atoms with Gasteiger partial charge in [-0.25, -0.2) is 4.79 Å². The number of carbonyl (C=O) groups excluding carboxylic acids is 1. The van der Waals surface area contributed by atoms with Crippen LogP contribution in [0.3, 0.4) is 0 Å². The van der Waals surface area contributed by atoms with Gasteiger partial charge in [-0.05, 0) is 49.1 Å². The van der Waals surface area contributed by atoms with Gasteiger partial charge in [0.25, 0.3) is 5.69 Å². The molecule has 3 N–H and O–H groups in total. The number of non-ortho nitro benzene ring substituents is 1. The third-order valence-corrected chi connectivity index (χ3v) is 7.62. The van der Waals surface area contributed by atoms with Crippen molar-refractivity contribution in [1.82, 2.24) is 10.6 Å². The molecule has 2 aliphatic rings. The van der Waals surface area contributed by atoms with E-state index in [1.165, 1.54) is 6.07 Å². The monoisotopic (exact) mass is 596 g/mol. The first-order chi connectivity index (χ1) is 20.6. The molecule has 1 amide bonds. The normalized spacial score (nSPS) is 20.6. The summed E-state index contributed by atoms with van der Waals surface area (Å²) < 4.78 is 16.7. The van der Waals surface area contributed by atoms with Crippen molar-refractivity contribution in [1.29, 1.82) is 5.26 Å². The number of nitro groups is 1. The zero-order chi connectivity index (χ0) is 31.2. The first-order valence-corrected chi connectivity index (χ1v) is 14.8. The van der Waals surface area contributed by atoms with E-state index in [1.807, 2.05) is 43.3 Å². The maximum Gasteiger partial charge on any atom is 0.407 e. The van der Waals surface area contributed by atoms with Gasteiger partial charge in [-0.2, -0.15) is 5.26 Å². The molecule has 0 unspecified atom stereocenters. The highest BCUT2D eigenvalue weighted by atomic mass is 16.7. The number of fused-ring (bicyclic) bond motifs is 1. The molecule has 0 saturated carbocycles. The van der Waals surface area contributed by atoms with Crippen molar-refractivity contribution >= 4 is 11.8 Å². The fourth-order valence-electron chi connectivity index (χ4n) is 5.20. The first-order valence-electron chi connectivity index (χ1n) is 14.8. The van der Waals surface area contributed by atoms with Gasteiger partial charge in [-0.1, -0.05) is 56.3 Å². The first kappa shape index (κ1) is 33.9. The number of ether oxygens (including phenoxy) is 3. The predicted octanol–water partition coefficient (Wildman–Crippen LogP) is 4.66. The highest BCUT2D eigenvalue weighted by Crippen LogP contribution is 2.33. The number of hydrogen-bond acceptors (Lipinski definition) is 9. The maximum atomic E-state index is 12.7. The second kappa shape index (κ2) is 16.9. The Kier molecular flexibility index (Phi) is 13.3. The molecule has 4 rings (SSSR count). The quantitative estimate of drug-likeness (QED) is 0.170. The minimum Gasteiger partial charge on any atom is -0.443 e. The van der Waals surface area contributed by atoms with E-state index in [-0.39, 0.29) is 29.4 Å². The molecule has 11 heteroatoms. The van der Waals surface area contributed by atoms with Crippen LogP contribution < -0.4 is 10.6 Å². The van der Waals surface area contributed by atoms with Crippen LogP contribution in [0.5, 0.6) is 0 Å². The van der Waals surface area contributed by atoms with E-state index in [9.17, 15) is 20.0 Å². The van der Waals surface area contributed by atoms with Crippen LogP contribution in [0.25, 0.3) is 0 Å². The summed E-state index contributed by atoms with van der Waals surface area (Å²) in [6.45, 7) is 8.11. The second-order valence-corrected chi connectivity index (χ2v) is 11.9. The van der Waals surface area contributed by atoms with Gasteiger partial charge in [-0.15, -0.1) is 0 Å². The number of amides is 1.